The van der Waals surface area contributed by atoms with Gasteiger partial charge in [-0.05, 0) is 18.2 Å². The number of hydrogen-bond acceptors (Lipinski definition) is 4. The van der Waals surface area contributed by atoms with Crippen molar-refractivity contribution in [2.45, 2.75) is 0 Å². The second-order valence-electron chi connectivity index (χ2n) is 4.03. The monoisotopic (exact) mass is 275 g/mol. The minimum atomic E-state index is -0.550. The number of benzene rings is 1. The SMILES string of the molecule is Nc1ccccc1OCCNC(=O)c1cncc(F)c1. The summed E-state index contributed by atoms with van der Waals surface area (Å²) in [6, 6.07) is 8.21. The van der Waals surface area contributed by atoms with Crippen LogP contribution in [0.25, 0.3) is 0 Å². The third-order valence-electron chi connectivity index (χ3n) is 2.53. The van der Waals surface area contributed by atoms with Crippen LogP contribution in [0.15, 0.2) is 42.7 Å². The van der Waals surface area contributed by atoms with Gasteiger partial charge in [0.2, 0.25) is 0 Å². The predicted octanol–water partition coefficient (Wildman–Crippen LogP) is 1.61. The molecule has 0 unspecified atom stereocenters. The summed E-state index contributed by atoms with van der Waals surface area (Å²) in [6.07, 6.45) is 2.34. The van der Waals surface area contributed by atoms with Gasteiger partial charge >= 0.3 is 0 Å². The first-order valence-electron chi connectivity index (χ1n) is 6.03. The normalized spacial score (nSPS) is 10.1. The van der Waals surface area contributed by atoms with E-state index in [0.717, 1.165) is 12.3 Å². The van der Waals surface area contributed by atoms with E-state index in [1.54, 1.807) is 18.2 Å². The molecule has 3 N–H and O–H groups in total. The zero-order valence-corrected chi connectivity index (χ0v) is 10.7. The van der Waals surface area contributed by atoms with Crippen LogP contribution in [-0.4, -0.2) is 24.0 Å². The van der Waals surface area contributed by atoms with Crippen LogP contribution in [0, 0.1) is 5.82 Å². The molecule has 0 spiro atoms. The number of nitrogen functional groups attached to an aromatic ring is 1. The van der Waals surface area contributed by atoms with Gasteiger partial charge in [0.15, 0.2) is 0 Å². The molecule has 0 atom stereocenters. The lowest BCUT2D eigenvalue weighted by molar-refractivity contribution is 0.0946. The van der Waals surface area contributed by atoms with Crippen LogP contribution in [0.1, 0.15) is 10.4 Å². The van der Waals surface area contributed by atoms with Crippen LogP contribution in [0.5, 0.6) is 5.75 Å². The minimum Gasteiger partial charge on any atom is -0.490 e. The number of ether oxygens (including phenoxy) is 1. The lowest BCUT2D eigenvalue weighted by Gasteiger charge is -2.09. The number of rotatable bonds is 5. The van der Waals surface area contributed by atoms with Crippen molar-refractivity contribution < 1.29 is 13.9 Å². The Morgan fingerprint density at radius 2 is 2.15 bits per heavy atom. The number of carbonyl (C=O) groups excluding carboxylic acids is 1. The van der Waals surface area contributed by atoms with E-state index < -0.39 is 11.7 Å². The summed E-state index contributed by atoms with van der Waals surface area (Å²) >= 11 is 0. The molecule has 1 amide bonds. The van der Waals surface area contributed by atoms with E-state index in [-0.39, 0.29) is 18.7 Å². The van der Waals surface area contributed by atoms with Crippen molar-refractivity contribution in [1.29, 1.82) is 0 Å². The Morgan fingerprint density at radius 1 is 1.35 bits per heavy atom. The average Bonchev–Trinajstić information content (AvgIpc) is 2.45. The van der Waals surface area contributed by atoms with Crippen molar-refractivity contribution in [1.82, 2.24) is 10.3 Å². The third kappa shape index (κ3) is 3.68. The van der Waals surface area contributed by atoms with Gasteiger partial charge in [0.25, 0.3) is 5.91 Å². The maximum Gasteiger partial charge on any atom is 0.253 e. The number of carbonyl (C=O) groups is 1. The van der Waals surface area contributed by atoms with Crippen LogP contribution in [0.4, 0.5) is 10.1 Å². The van der Waals surface area contributed by atoms with Crippen LogP contribution in [0.3, 0.4) is 0 Å². The van der Waals surface area contributed by atoms with Crippen LogP contribution < -0.4 is 15.8 Å². The number of hydrogen-bond donors (Lipinski definition) is 2. The molecule has 0 bridgehead atoms. The summed E-state index contributed by atoms with van der Waals surface area (Å²) in [5.74, 6) is -0.387. The number of aromatic nitrogens is 1. The molecule has 104 valence electrons. The summed E-state index contributed by atoms with van der Waals surface area (Å²) in [7, 11) is 0. The van der Waals surface area contributed by atoms with Gasteiger partial charge in [-0.1, -0.05) is 12.1 Å². The highest BCUT2D eigenvalue weighted by Crippen LogP contribution is 2.19. The number of para-hydroxylation sites is 2. The zero-order chi connectivity index (χ0) is 14.4. The maximum atomic E-state index is 12.9. The van der Waals surface area contributed by atoms with Gasteiger partial charge in [-0.3, -0.25) is 9.78 Å². The van der Waals surface area contributed by atoms with Crippen molar-refractivity contribution in [3.05, 3.63) is 54.1 Å². The lowest BCUT2D eigenvalue weighted by atomic mass is 10.2. The van der Waals surface area contributed by atoms with Gasteiger partial charge in [0.05, 0.1) is 24.0 Å². The molecule has 6 heteroatoms. The number of nitrogens with zero attached hydrogens (tertiary/aromatic N) is 1. The smallest absolute Gasteiger partial charge is 0.253 e. The van der Waals surface area contributed by atoms with E-state index in [1.165, 1.54) is 6.20 Å². The summed E-state index contributed by atoms with van der Waals surface area (Å²) in [5, 5.41) is 2.60. The molecule has 20 heavy (non-hydrogen) atoms. The van der Waals surface area contributed by atoms with Crippen LogP contribution in [-0.2, 0) is 0 Å². The van der Waals surface area contributed by atoms with Gasteiger partial charge in [0.1, 0.15) is 18.2 Å². The lowest BCUT2D eigenvalue weighted by Crippen LogP contribution is -2.28. The molecule has 0 fully saturated rings. The van der Waals surface area contributed by atoms with E-state index in [0.29, 0.717) is 11.4 Å². The second-order valence-corrected chi connectivity index (χ2v) is 4.03. The summed E-state index contributed by atoms with van der Waals surface area (Å²) in [5.41, 5.74) is 6.41. The molecule has 0 radical (unpaired) electrons. The van der Waals surface area contributed by atoms with E-state index in [4.69, 9.17) is 10.5 Å². The Morgan fingerprint density at radius 3 is 2.90 bits per heavy atom. The molecule has 0 saturated heterocycles. The number of nitrogens with two attached hydrogens (primary N) is 1. The average molecular weight is 275 g/mol. The summed E-state index contributed by atoms with van der Waals surface area (Å²) < 4.78 is 18.3. The Bertz CT molecular complexity index is 604. The molecule has 2 rings (SSSR count). The number of halogens is 1. The first kappa shape index (κ1) is 13.8. The molecular formula is C14H14FN3O2. The highest BCUT2D eigenvalue weighted by molar-refractivity contribution is 5.93. The van der Waals surface area contributed by atoms with E-state index >= 15 is 0 Å². The van der Waals surface area contributed by atoms with E-state index in [9.17, 15) is 9.18 Å². The number of nitrogens with one attached hydrogen (secondary N) is 1. The first-order valence-corrected chi connectivity index (χ1v) is 6.03. The molecule has 1 aromatic heterocycles. The largest absolute Gasteiger partial charge is 0.490 e. The number of pyridine rings is 1. The maximum absolute atomic E-state index is 12.9. The molecule has 5 nitrogen and oxygen atoms in total. The van der Waals surface area contributed by atoms with Crippen molar-refractivity contribution in [2.75, 3.05) is 18.9 Å². The Balaban J connectivity index is 1.79. The molecule has 0 aliphatic carbocycles. The van der Waals surface area contributed by atoms with Gasteiger partial charge in [-0.2, -0.15) is 0 Å². The Labute approximate surface area is 115 Å². The molecule has 1 heterocycles. The van der Waals surface area contributed by atoms with Crippen molar-refractivity contribution in [3.63, 3.8) is 0 Å². The highest BCUT2D eigenvalue weighted by Gasteiger charge is 2.06. The quantitative estimate of drug-likeness (QED) is 0.642. The molecule has 1 aromatic carbocycles. The van der Waals surface area contributed by atoms with Gasteiger partial charge in [0, 0.05) is 6.20 Å². The molecule has 0 aliphatic rings. The van der Waals surface area contributed by atoms with Crippen molar-refractivity contribution in [2.24, 2.45) is 0 Å². The zero-order valence-electron chi connectivity index (χ0n) is 10.7. The van der Waals surface area contributed by atoms with Crippen molar-refractivity contribution in [3.8, 4) is 5.75 Å². The highest BCUT2D eigenvalue weighted by atomic mass is 19.1. The fourth-order valence-corrected chi connectivity index (χ4v) is 1.58. The van der Waals surface area contributed by atoms with E-state index in [1.807, 2.05) is 6.07 Å². The Hall–Kier alpha value is -2.63. The fourth-order valence-electron chi connectivity index (χ4n) is 1.58. The molecule has 2 aromatic rings. The fraction of sp³-hybridized carbons (Fsp3) is 0.143. The Kier molecular flexibility index (Phi) is 4.49. The number of amides is 1. The standard InChI is InChI=1S/C14H14FN3O2/c15-11-7-10(8-17-9-11)14(19)18-5-6-20-13-4-2-1-3-12(13)16/h1-4,7-9H,5-6,16H2,(H,18,19). The van der Waals surface area contributed by atoms with Crippen LogP contribution >= 0.6 is 0 Å². The second kappa shape index (κ2) is 6.51. The van der Waals surface area contributed by atoms with Crippen molar-refractivity contribution >= 4 is 11.6 Å². The topological polar surface area (TPSA) is 77.2 Å². The minimum absolute atomic E-state index is 0.171. The van der Waals surface area contributed by atoms with Gasteiger partial charge < -0.3 is 15.8 Å². The summed E-state index contributed by atoms with van der Waals surface area (Å²) in [6.45, 7) is 0.548. The molecular weight excluding hydrogens is 261 g/mol. The van der Waals surface area contributed by atoms with E-state index in [2.05, 4.69) is 10.3 Å². The van der Waals surface area contributed by atoms with Crippen LogP contribution in [0.2, 0.25) is 0 Å². The predicted molar refractivity (Wildman–Crippen MR) is 72.9 cm³/mol. The summed E-state index contributed by atoms with van der Waals surface area (Å²) in [4.78, 5) is 15.3. The first-order chi connectivity index (χ1) is 9.66. The molecule has 0 aliphatic heterocycles. The third-order valence-corrected chi connectivity index (χ3v) is 2.53. The van der Waals surface area contributed by atoms with Gasteiger partial charge in [-0.25, -0.2) is 4.39 Å². The van der Waals surface area contributed by atoms with Gasteiger partial charge in [-0.15, -0.1) is 0 Å². The number of anilines is 1. The molecule has 0 saturated carbocycles.